The first-order chi connectivity index (χ1) is 12.6. The van der Waals surface area contributed by atoms with Gasteiger partial charge in [-0.1, -0.05) is 11.6 Å². The summed E-state index contributed by atoms with van der Waals surface area (Å²) in [7, 11) is 0. The summed E-state index contributed by atoms with van der Waals surface area (Å²) < 4.78 is 11.2. The zero-order valence-corrected chi connectivity index (χ0v) is 15.2. The Morgan fingerprint density at radius 3 is 2.69 bits per heavy atom. The van der Waals surface area contributed by atoms with Crippen LogP contribution in [0.25, 0.3) is 11.0 Å². The summed E-state index contributed by atoms with van der Waals surface area (Å²) in [5, 5.41) is 11.5. The van der Waals surface area contributed by atoms with Crippen LogP contribution in [0.4, 0.5) is 0 Å². The molecular formula is C20H26N2O4. The van der Waals surface area contributed by atoms with Gasteiger partial charge < -0.3 is 19.2 Å². The van der Waals surface area contributed by atoms with Gasteiger partial charge in [-0.15, -0.1) is 0 Å². The highest BCUT2D eigenvalue weighted by Crippen LogP contribution is 2.24. The van der Waals surface area contributed by atoms with Gasteiger partial charge in [0.1, 0.15) is 5.58 Å². The van der Waals surface area contributed by atoms with E-state index in [-0.39, 0.29) is 11.9 Å². The minimum atomic E-state index is -0.413. The van der Waals surface area contributed by atoms with E-state index in [4.69, 9.17) is 9.15 Å². The first-order valence-corrected chi connectivity index (χ1v) is 9.41. The first kappa shape index (κ1) is 17.5. The lowest BCUT2D eigenvalue weighted by Gasteiger charge is -2.36. The van der Waals surface area contributed by atoms with Crippen molar-refractivity contribution in [2.24, 2.45) is 0 Å². The van der Waals surface area contributed by atoms with E-state index in [2.05, 4.69) is 4.90 Å². The number of fused-ring (bicyclic) bond motifs is 1. The Kier molecular flexibility index (Phi) is 4.98. The monoisotopic (exact) mass is 358 g/mol. The maximum absolute atomic E-state index is 12.9. The van der Waals surface area contributed by atoms with Crippen molar-refractivity contribution in [3.8, 4) is 0 Å². The molecule has 2 aromatic rings. The molecule has 4 rings (SSSR count). The zero-order chi connectivity index (χ0) is 18.1. The van der Waals surface area contributed by atoms with Crippen LogP contribution < -0.4 is 0 Å². The highest BCUT2D eigenvalue weighted by atomic mass is 16.5. The number of rotatable bonds is 2. The lowest BCUT2D eigenvalue weighted by molar-refractivity contribution is -0.0222. The van der Waals surface area contributed by atoms with E-state index < -0.39 is 6.10 Å². The summed E-state index contributed by atoms with van der Waals surface area (Å²) in [5.74, 6) is 0.290. The van der Waals surface area contributed by atoms with E-state index in [1.54, 1.807) is 0 Å². The fourth-order valence-corrected chi connectivity index (χ4v) is 4.03. The summed E-state index contributed by atoms with van der Waals surface area (Å²) in [6, 6.07) is 7.83. The highest BCUT2D eigenvalue weighted by Gasteiger charge is 2.32. The van der Waals surface area contributed by atoms with E-state index >= 15 is 0 Å². The van der Waals surface area contributed by atoms with Crippen molar-refractivity contribution in [1.82, 2.24) is 9.80 Å². The molecule has 3 heterocycles. The number of ether oxygens (including phenoxy) is 1. The third-order valence-electron chi connectivity index (χ3n) is 5.52. The largest absolute Gasteiger partial charge is 0.451 e. The molecule has 1 aromatic heterocycles. The van der Waals surface area contributed by atoms with E-state index in [0.29, 0.717) is 38.5 Å². The molecule has 6 nitrogen and oxygen atoms in total. The number of furan rings is 1. The van der Waals surface area contributed by atoms with Gasteiger partial charge in [-0.25, -0.2) is 0 Å². The average molecular weight is 358 g/mol. The Morgan fingerprint density at radius 2 is 1.88 bits per heavy atom. The molecule has 0 bridgehead atoms. The second kappa shape index (κ2) is 7.39. The van der Waals surface area contributed by atoms with Crippen LogP contribution in [0, 0.1) is 6.92 Å². The van der Waals surface area contributed by atoms with E-state index in [0.717, 1.165) is 36.0 Å². The summed E-state index contributed by atoms with van der Waals surface area (Å²) in [6.07, 6.45) is 0.948. The van der Waals surface area contributed by atoms with Gasteiger partial charge in [0.2, 0.25) is 0 Å². The molecule has 2 aliphatic rings. The molecule has 1 aromatic carbocycles. The fourth-order valence-electron chi connectivity index (χ4n) is 4.03. The van der Waals surface area contributed by atoms with Crippen molar-refractivity contribution in [2.75, 3.05) is 39.4 Å². The number of hydrogen-bond acceptors (Lipinski definition) is 5. The molecule has 2 atom stereocenters. The standard InChI is InChI=1S/C20H26N2O4/c1-14-2-3-18-15(12-14)13-19(26-18)20(24)22-6-4-16(17(23)5-7-22)21-8-10-25-11-9-21/h2-3,12-13,16-17,23H,4-11H2,1H3/t16-,17-/m0/s1. The van der Waals surface area contributed by atoms with Gasteiger partial charge in [0.25, 0.3) is 5.91 Å². The average Bonchev–Trinajstić information content (AvgIpc) is 2.97. The minimum absolute atomic E-state index is 0.0892. The van der Waals surface area contributed by atoms with E-state index in [1.165, 1.54) is 0 Å². The molecule has 2 saturated heterocycles. The van der Waals surface area contributed by atoms with Crippen LogP contribution in [0.2, 0.25) is 0 Å². The van der Waals surface area contributed by atoms with Gasteiger partial charge >= 0.3 is 0 Å². The molecule has 0 unspecified atom stereocenters. The molecule has 1 N–H and O–H groups in total. The summed E-state index contributed by atoms with van der Waals surface area (Å²) in [6.45, 7) is 6.33. The lowest BCUT2D eigenvalue weighted by Crippen LogP contribution is -2.49. The number of aryl methyl sites for hydroxylation is 1. The quantitative estimate of drug-likeness (QED) is 0.890. The maximum Gasteiger partial charge on any atom is 0.289 e. The molecule has 1 amide bonds. The molecule has 6 heteroatoms. The third kappa shape index (κ3) is 3.49. The molecule has 2 fully saturated rings. The summed E-state index contributed by atoms with van der Waals surface area (Å²) in [4.78, 5) is 17.0. The Labute approximate surface area is 153 Å². The number of hydrogen-bond donors (Lipinski definition) is 1. The molecule has 26 heavy (non-hydrogen) atoms. The van der Waals surface area contributed by atoms with E-state index in [9.17, 15) is 9.90 Å². The normalized spacial score (nSPS) is 25.4. The van der Waals surface area contributed by atoms with Gasteiger partial charge in [0, 0.05) is 37.6 Å². The van der Waals surface area contributed by atoms with Crippen LogP contribution in [-0.2, 0) is 4.74 Å². The van der Waals surface area contributed by atoms with Crippen LogP contribution in [0.1, 0.15) is 29.0 Å². The maximum atomic E-state index is 12.9. The van der Waals surface area contributed by atoms with Gasteiger partial charge in [0.05, 0.1) is 19.3 Å². The Bertz CT molecular complexity index is 781. The van der Waals surface area contributed by atoms with Crippen LogP contribution in [0.5, 0.6) is 0 Å². The number of carbonyl (C=O) groups excluding carboxylic acids is 1. The molecule has 140 valence electrons. The smallest absolute Gasteiger partial charge is 0.289 e. The van der Waals surface area contributed by atoms with Gasteiger partial charge in [0.15, 0.2) is 5.76 Å². The molecule has 0 saturated carbocycles. The van der Waals surface area contributed by atoms with Crippen molar-refractivity contribution < 1.29 is 19.1 Å². The third-order valence-corrected chi connectivity index (χ3v) is 5.52. The van der Waals surface area contributed by atoms with Crippen LogP contribution in [-0.4, -0.2) is 72.4 Å². The van der Waals surface area contributed by atoms with E-state index in [1.807, 2.05) is 36.1 Å². The predicted octanol–water partition coefficient (Wildman–Crippen LogP) is 2.04. The Morgan fingerprint density at radius 1 is 1.12 bits per heavy atom. The first-order valence-electron chi connectivity index (χ1n) is 9.41. The van der Waals surface area contributed by atoms with Gasteiger partial charge in [-0.3, -0.25) is 9.69 Å². The number of morpholine rings is 1. The van der Waals surface area contributed by atoms with Gasteiger partial charge in [-0.2, -0.15) is 0 Å². The summed E-state index contributed by atoms with van der Waals surface area (Å²) >= 11 is 0. The number of carbonyl (C=O) groups is 1. The molecule has 0 spiro atoms. The molecule has 0 aliphatic carbocycles. The van der Waals surface area contributed by atoms with Crippen LogP contribution in [0.3, 0.4) is 0 Å². The Hall–Kier alpha value is -1.89. The zero-order valence-electron chi connectivity index (χ0n) is 15.2. The second-order valence-corrected chi connectivity index (χ2v) is 7.30. The molecule has 0 radical (unpaired) electrons. The number of benzene rings is 1. The number of likely N-dealkylation sites (tertiary alicyclic amines) is 1. The topological polar surface area (TPSA) is 66.2 Å². The number of aliphatic hydroxyl groups is 1. The SMILES string of the molecule is Cc1ccc2oc(C(=O)N3CC[C@H](O)[C@@H](N4CCOCC4)CC3)cc2c1. The van der Waals surface area contributed by atoms with Gasteiger partial charge in [-0.05, 0) is 38.0 Å². The van der Waals surface area contributed by atoms with Crippen molar-refractivity contribution in [3.05, 3.63) is 35.6 Å². The predicted molar refractivity (Wildman–Crippen MR) is 98.3 cm³/mol. The Balaban J connectivity index is 1.47. The lowest BCUT2D eigenvalue weighted by atomic mass is 10.0. The highest BCUT2D eigenvalue weighted by molar-refractivity contribution is 5.96. The number of nitrogens with zero attached hydrogens (tertiary/aromatic N) is 2. The summed E-state index contributed by atoms with van der Waals surface area (Å²) in [5.41, 5.74) is 1.88. The fraction of sp³-hybridized carbons (Fsp3) is 0.550. The van der Waals surface area contributed by atoms with Crippen molar-refractivity contribution in [2.45, 2.75) is 31.9 Å². The van der Waals surface area contributed by atoms with Crippen LogP contribution in [0.15, 0.2) is 28.7 Å². The minimum Gasteiger partial charge on any atom is -0.451 e. The molecular weight excluding hydrogens is 332 g/mol. The number of aliphatic hydroxyl groups excluding tert-OH is 1. The molecule has 2 aliphatic heterocycles. The van der Waals surface area contributed by atoms with Crippen molar-refractivity contribution in [1.29, 1.82) is 0 Å². The number of amides is 1. The van der Waals surface area contributed by atoms with Crippen LogP contribution >= 0.6 is 0 Å². The second-order valence-electron chi connectivity index (χ2n) is 7.30. The van der Waals surface area contributed by atoms with Crippen molar-refractivity contribution in [3.63, 3.8) is 0 Å². The van der Waals surface area contributed by atoms with Crippen molar-refractivity contribution >= 4 is 16.9 Å².